The van der Waals surface area contributed by atoms with Crippen LogP contribution in [0.1, 0.15) is 38.5 Å². The molecule has 1 heterocycles. The van der Waals surface area contributed by atoms with Crippen molar-refractivity contribution in [2.45, 2.75) is 38.5 Å². The minimum Gasteiger partial charge on any atom is -0.469 e. The molecule has 2 aliphatic rings. The van der Waals surface area contributed by atoms with E-state index in [1.54, 1.807) is 0 Å². The van der Waals surface area contributed by atoms with Crippen LogP contribution in [0.3, 0.4) is 0 Å². The Morgan fingerprint density at radius 3 is 2.65 bits per heavy atom. The van der Waals surface area contributed by atoms with Gasteiger partial charge in [0.15, 0.2) is 0 Å². The second kappa shape index (κ2) is 9.88. The van der Waals surface area contributed by atoms with Crippen molar-refractivity contribution in [2.75, 3.05) is 46.5 Å². The maximum absolute atomic E-state index is 12.2. The van der Waals surface area contributed by atoms with Crippen LogP contribution in [0.5, 0.6) is 0 Å². The van der Waals surface area contributed by atoms with E-state index in [0.717, 1.165) is 71.5 Å². The van der Waals surface area contributed by atoms with E-state index in [0.29, 0.717) is 6.42 Å². The number of hydrogen-bond acceptors (Lipinski definition) is 5. The lowest BCUT2D eigenvalue weighted by Gasteiger charge is -2.27. The number of rotatable bonds is 7. The standard InChI is InChI=1S/C17H30N2O4/c1-22-17(21)15-6-4-5-14(13-15)16(20)18-7-2-3-8-19-9-11-23-12-10-19/h14-15H,2-13H2,1H3,(H,18,20)/t14-,15-/m1/s1. The number of carbonyl (C=O) groups is 2. The van der Waals surface area contributed by atoms with Crippen LogP contribution < -0.4 is 5.32 Å². The molecule has 0 bridgehead atoms. The molecule has 2 fully saturated rings. The fraction of sp³-hybridized carbons (Fsp3) is 0.882. The summed E-state index contributed by atoms with van der Waals surface area (Å²) in [5.74, 6) is -0.212. The van der Waals surface area contributed by atoms with Gasteiger partial charge in [0.1, 0.15) is 0 Å². The van der Waals surface area contributed by atoms with Crippen LogP contribution >= 0.6 is 0 Å². The summed E-state index contributed by atoms with van der Waals surface area (Å²) < 4.78 is 10.1. The van der Waals surface area contributed by atoms with E-state index in [-0.39, 0.29) is 23.7 Å². The molecule has 0 aromatic carbocycles. The van der Waals surface area contributed by atoms with Gasteiger partial charge in [0.2, 0.25) is 5.91 Å². The zero-order chi connectivity index (χ0) is 16.5. The summed E-state index contributed by atoms with van der Waals surface area (Å²) in [6, 6.07) is 0. The van der Waals surface area contributed by atoms with Crippen molar-refractivity contribution >= 4 is 11.9 Å². The molecule has 1 N–H and O–H groups in total. The molecule has 0 spiro atoms. The van der Waals surface area contributed by atoms with Gasteiger partial charge >= 0.3 is 5.97 Å². The molecule has 6 heteroatoms. The number of amides is 1. The summed E-state index contributed by atoms with van der Waals surface area (Å²) in [6.45, 7) is 5.50. The van der Waals surface area contributed by atoms with Crippen molar-refractivity contribution in [2.24, 2.45) is 11.8 Å². The minimum atomic E-state index is -0.173. The molecule has 1 saturated heterocycles. The summed E-state index contributed by atoms with van der Waals surface area (Å²) in [4.78, 5) is 26.3. The van der Waals surface area contributed by atoms with E-state index in [4.69, 9.17) is 9.47 Å². The summed E-state index contributed by atoms with van der Waals surface area (Å²) >= 11 is 0. The third-order valence-electron chi connectivity index (χ3n) is 4.88. The van der Waals surface area contributed by atoms with Gasteiger partial charge in [0.25, 0.3) is 0 Å². The Balaban J connectivity index is 1.57. The highest BCUT2D eigenvalue weighted by atomic mass is 16.5. The Bertz CT molecular complexity index is 383. The molecule has 2 rings (SSSR count). The predicted octanol–water partition coefficient (Wildman–Crippen LogP) is 1.19. The average molecular weight is 326 g/mol. The number of nitrogens with zero attached hydrogens (tertiary/aromatic N) is 1. The number of hydrogen-bond donors (Lipinski definition) is 1. The Hall–Kier alpha value is -1.14. The third-order valence-corrected chi connectivity index (χ3v) is 4.88. The van der Waals surface area contributed by atoms with Gasteiger partial charge in [0.05, 0.1) is 26.2 Å². The summed E-state index contributed by atoms with van der Waals surface area (Å²) in [5, 5.41) is 3.03. The summed E-state index contributed by atoms with van der Waals surface area (Å²) in [5.41, 5.74) is 0. The quantitative estimate of drug-likeness (QED) is 0.562. The fourth-order valence-electron chi connectivity index (χ4n) is 3.45. The molecule has 0 aromatic rings. The smallest absolute Gasteiger partial charge is 0.308 e. The highest BCUT2D eigenvalue weighted by Gasteiger charge is 2.31. The first-order valence-electron chi connectivity index (χ1n) is 8.86. The van der Waals surface area contributed by atoms with Crippen LogP contribution in [0.4, 0.5) is 0 Å². The zero-order valence-corrected chi connectivity index (χ0v) is 14.2. The highest BCUT2D eigenvalue weighted by Crippen LogP contribution is 2.29. The van der Waals surface area contributed by atoms with E-state index < -0.39 is 0 Å². The van der Waals surface area contributed by atoms with Crippen LogP contribution in [-0.2, 0) is 19.1 Å². The average Bonchev–Trinajstić information content (AvgIpc) is 2.61. The van der Waals surface area contributed by atoms with Crippen LogP contribution in [0.25, 0.3) is 0 Å². The van der Waals surface area contributed by atoms with E-state index in [2.05, 4.69) is 10.2 Å². The van der Waals surface area contributed by atoms with Crippen molar-refractivity contribution in [3.05, 3.63) is 0 Å². The largest absolute Gasteiger partial charge is 0.469 e. The third kappa shape index (κ3) is 6.11. The maximum atomic E-state index is 12.2. The molecule has 0 unspecified atom stereocenters. The number of carbonyl (C=O) groups excluding carboxylic acids is 2. The molecular formula is C17H30N2O4. The molecule has 2 atom stereocenters. The highest BCUT2D eigenvalue weighted by molar-refractivity contribution is 5.80. The van der Waals surface area contributed by atoms with Gasteiger partial charge in [0, 0.05) is 25.6 Å². The Morgan fingerprint density at radius 2 is 1.91 bits per heavy atom. The fourth-order valence-corrected chi connectivity index (χ4v) is 3.45. The van der Waals surface area contributed by atoms with Crippen molar-refractivity contribution < 1.29 is 19.1 Å². The SMILES string of the molecule is COC(=O)[C@@H]1CCC[C@@H](C(=O)NCCCCN2CCOCC2)C1. The van der Waals surface area contributed by atoms with Crippen LogP contribution in [0, 0.1) is 11.8 Å². The van der Waals surface area contributed by atoms with E-state index >= 15 is 0 Å². The van der Waals surface area contributed by atoms with E-state index in [1.807, 2.05) is 0 Å². The normalized spacial score (nSPS) is 25.8. The molecule has 23 heavy (non-hydrogen) atoms. The van der Waals surface area contributed by atoms with Gasteiger partial charge in [-0.1, -0.05) is 6.42 Å². The van der Waals surface area contributed by atoms with Crippen LogP contribution in [-0.4, -0.2) is 63.3 Å². The molecule has 132 valence electrons. The molecule has 1 amide bonds. The molecular weight excluding hydrogens is 296 g/mol. The van der Waals surface area contributed by atoms with E-state index in [9.17, 15) is 9.59 Å². The van der Waals surface area contributed by atoms with Gasteiger partial charge in [-0.05, 0) is 38.6 Å². The molecule has 0 radical (unpaired) electrons. The van der Waals surface area contributed by atoms with Crippen molar-refractivity contribution in [1.29, 1.82) is 0 Å². The van der Waals surface area contributed by atoms with Crippen LogP contribution in [0.15, 0.2) is 0 Å². The summed E-state index contributed by atoms with van der Waals surface area (Å²) in [7, 11) is 1.42. The molecule has 1 aliphatic heterocycles. The first kappa shape index (κ1) is 18.2. The monoisotopic (exact) mass is 326 g/mol. The van der Waals surface area contributed by atoms with Gasteiger partial charge in [-0.15, -0.1) is 0 Å². The number of esters is 1. The topological polar surface area (TPSA) is 67.9 Å². The van der Waals surface area contributed by atoms with Crippen molar-refractivity contribution in [3.8, 4) is 0 Å². The van der Waals surface area contributed by atoms with Gasteiger partial charge < -0.3 is 14.8 Å². The predicted molar refractivity (Wildman–Crippen MR) is 87.0 cm³/mol. The maximum Gasteiger partial charge on any atom is 0.308 e. The van der Waals surface area contributed by atoms with Crippen molar-refractivity contribution in [1.82, 2.24) is 10.2 Å². The lowest BCUT2D eigenvalue weighted by atomic mass is 9.81. The summed E-state index contributed by atoms with van der Waals surface area (Å²) in [6.07, 6.45) is 5.37. The second-order valence-electron chi connectivity index (χ2n) is 6.54. The van der Waals surface area contributed by atoms with E-state index in [1.165, 1.54) is 7.11 Å². The van der Waals surface area contributed by atoms with Crippen LogP contribution in [0.2, 0.25) is 0 Å². The second-order valence-corrected chi connectivity index (χ2v) is 6.54. The van der Waals surface area contributed by atoms with Gasteiger partial charge in [-0.3, -0.25) is 14.5 Å². The van der Waals surface area contributed by atoms with Gasteiger partial charge in [-0.2, -0.15) is 0 Å². The number of ether oxygens (including phenoxy) is 2. The Kier molecular flexibility index (Phi) is 7.82. The number of unbranched alkanes of at least 4 members (excludes halogenated alkanes) is 1. The van der Waals surface area contributed by atoms with Gasteiger partial charge in [-0.25, -0.2) is 0 Å². The molecule has 1 aliphatic carbocycles. The number of morpholine rings is 1. The lowest BCUT2D eigenvalue weighted by Crippen LogP contribution is -2.38. The minimum absolute atomic E-state index is 0.0351. The lowest BCUT2D eigenvalue weighted by molar-refractivity contribution is -0.147. The Morgan fingerprint density at radius 1 is 1.17 bits per heavy atom. The zero-order valence-electron chi connectivity index (χ0n) is 14.2. The number of nitrogens with one attached hydrogen (secondary N) is 1. The first-order valence-corrected chi connectivity index (χ1v) is 8.86. The Labute approximate surface area is 138 Å². The molecule has 1 saturated carbocycles. The number of methoxy groups -OCH3 is 1. The van der Waals surface area contributed by atoms with Crippen molar-refractivity contribution in [3.63, 3.8) is 0 Å². The molecule has 0 aromatic heterocycles. The first-order chi connectivity index (χ1) is 11.2. The molecule has 6 nitrogen and oxygen atoms in total.